The summed E-state index contributed by atoms with van der Waals surface area (Å²) in [5, 5.41) is 2.99. The molecule has 2 aromatic heterocycles. The van der Waals surface area contributed by atoms with E-state index in [0.717, 1.165) is 27.2 Å². The third-order valence-corrected chi connectivity index (χ3v) is 3.65. The highest BCUT2D eigenvalue weighted by Crippen LogP contribution is 2.31. The second-order valence-electron chi connectivity index (χ2n) is 5.07. The fourth-order valence-corrected chi connectivity index (χ4v) is 2.67. The Bertz CT molecular complexity index is 1040. The number of aromatic nitrogens is 1. The van der Waals surface area contributed by atoms with Gasteiger partial charge in [0.15, 0.2) is 5.58 Å². The molecule has 98 valence electrons. The summed E-state index contributed by atoms with van der Waals surface area (Å²) in [7, 11) is 0. The Hall–Kier alpha value is -2.75. The van der Waals surface area contributed by atoms with Crippen molar-refractivity contribution in [3.8, 4) is 0 Å². The van der Waals surface area contributed by atoms with E-state index in [2.05, 4.69) is 18.0 Å². The van der Waals surface area contributed by atoms with Gasteiger partial charge < -0.3 is 15.1 Å². The molecule has 2 aromatic carbocycles. The number of rotatable bonds is 0. The quantitative estimate of drug-likeness (QED) is 0.478. The lowest BCUT2D eigenvalue weighted by molar-refractivity contribution is 0.567. The van der Waals surface area contributed by atoms with E-state index in [4.69, 9.17) is 10.2 Å². The SMILES string of the molecule is Cc1ccc2[nH]c3c(ccc4cc(N)c(=O)oc43)c2c1. The summed E-state index contributed by atoms with van der Waals surface area (Å²) in [6.07, 6.45) is 0. The molecule has 0 aliphatic carbocycles. The molecule has 4 rings (SSSR count). The highest BCUT2D eigenvalue weighted by Gasteiger charge is 2.11. The monoisotopic (exact) mass is 264 g/mol. The van der Waals surface area contributed by atoms with Crippen LogP contribution >= 0.6 is 0 Å². The summed E-state index contributed by atoms with van der Waals surface area (Å²) < 4.78 is 5.35. The summed E-state index contributed by atoms with van der Waals surface area (Å²) in [4.78, 5) is 15.0. The Kier molecular flexibility index (Phi) is 2.02. The van der Waals surface area contributed by atoms with Crippen molar-refractivity contribution in [3.05, 3.63) is 52.4 Å². The van der Waals surface area contributed by atoms with E-state index in [0.29, 0.717) is 5.58 Å². The summed E-state index contributed by atoms with van der Waals surface area (Å²) in [6, 6.07) is 11.8. The summed E-state index contributed by atoms with van der Waals surface area (Å²) >= 11 is 0. The number of aromatic amines is 1. The second kappa shape index (κ2) is 3.63. The molecule has 4 nitrogen and oxygen atoms in total. The van der Waals surface area contributed by atoms with Crippen LogP contribution in [-0.2, 0) is 0 Å². The molecule has 0 saturated heterocycles. The molecule has 4 heteroatoms. The largest absolute Gasteiger partial charge is 0.419 e. The van der Waals surface area contributed by atoms with Crippen LogP contribution in [0.3, 0.4) is 0 Å². The Labute approximate surface area is 113 Å². The number of H-pyrrole nitrogens is 1. The van der Waals surface area contributed by atoms with Gasteiger partial charge in [0, 0.05) is 21.7 Å². The number of benzene rings is 2. The molecule has 0 fully saturated rings. The molecule has 0 amide bonds. The van der Waals surface area contributed by atoms with Gasteiger partial charge in [0.25, 0.3) is 0 Å². The third kappa shape index (κ3) is 1.39. The molecule has 0 unspecified atom stereocenters. The molecule has 0 aliphatic rings. The van der Waals surface area contributed by atoms with Gasteiger partial charge in [0.2, 0.25) is 0 Å². The van der Waals surface area contributed by atoms with Gasteiger partial charge in [-0.1, -0.05) is 23.8 Å². The van der Waals surface area contributed by atoms with Gasteiger partial charge in [-0.05, 0) is 25.1 Å². The molecule has 4 aromatic rings. The zero-order chi connectivity index (χ0) is 13.9. The molecule has 2 heterocycles. The van der Waals surface area contributed by atoms with Crippen LogP contribution in [-0.4, -0.2) is 4.98 Å². The maximum Gasteiger partial charge on any atom is 0.359 e. The summed E-state index contributed by atoms with van der Waals surface area (Å²) in [5.41, 5.74) is 8.84. The van der Waals surface area contributed by atoms with Crippen molar-refractivity contribution in [1.82, 2.24) is 4.98 Å². The Morgan fingerprint density at radius 2 is 1.95 bits per heavy atom. The van der Waals surface area contributed by atoms with Gasteiger partial charge >= 0.3 is 5.63 Å². The highest BCUT2D eigenvalue weighted by molar-refractivity contribution is 6.15. The van der Waals surface area contributed by atoms with Crippen LogP contribution in [0.4, 0.5) is 5.69 Å². The van der Waals surface area contributed by atoms with Crippen molar-refractivity contribution < 1.29 is 4.42 Å². The molecular formula is C16H12N2O2. The molecule has 0 spiro atoms. The summed E-state index contributed by atoms with van der Waals surface area (Å²) in [5.74, 6) is 0. The van der Waals surface area contributed by atoms with Crippen LogP contribution in [0.2, 0.25) is 0 Å². The molecule has 0 radical (unpaired) electrons. The van der Waals surface area contributed by atoms with E-state index in [9.17, 15) is 4.79 Å². The predicted molar refractivity (Wildman–Crippen MR) is 81.0 cm³/mol. The van der Waals surface area contributed by atoms with E-state index in [1.54, 1.807) is 6.07 Å². The number of hydrogen-bond donors (Lipinski definition) is 2. The van der Waals surface area contributed by atoms with Crippen LogP contribution in [0.15, 0.2) is 45.6 Å². The van der Waals surface area contributed by atoms with Crippen molar-refractivity contribution in [2.24, 2.45) is 0 Å². The highest BCUT2D eigenvalue weighted by atomic mass is 16.4. The van der Waals surface area contributed by atoms with E-state index in [1.807, 2.05) is 24.3 Å². The average molecular weight is 264 g/mol. The van der Waals surface area contributed by atoms with Crippen molar-refractivity contribution in [3.63, 3.8) is 0 Å². The number of nitrogen functional groups attached to an aromatic ring is 1. The zero-order valence-corrected chi connectivity index (χ0v) is 10.9. The Morgan fingerprint density at radius 3 is 2.80 bits per heavy atom. The van der Waals surface area contributed by atoms with Crippen LogP contribution < -0.4 is 11.4 Å². The normalized spacial score (nSPS) is 11.7. The van der Waals surface area contributed by atoms with Crippen molar-refractivity contribution in [1.29, 1.82) is 0 Å². The molecule has 20 heavy (non-hydrogen) atoms. The number of aryl methyl sites for hydroxylation is 1. The minimum atomic E-state index is -0.500. The molecule has 0 aliphatic heterocycles. The molecule has 0 atom stereocenters. The first-order valence-corrected chi connectivity index (χ1v) is 6.38. The van der Waals surface area contributed by atoms with E-state index in [-0.39, 0.29) is 5.69 Å². The molecular weight excluding hydrogens is 252 g/mol. The van der Waals surface area contributed by atoms with Gasteiger partial charge in [-0.3, -0.25) is 0 Å². The van der Waals surface area contributed by atoms with Crippen molar-refractivity contribution in [2.45, 2.75) is 6.92 Å². The van der Waals surface area contributed by atoms with Crippen LogP contribution in [0.1, 0.15) is 5.56 Å². The van der Waals surface area contributed by atoms with E-state index in [1.165, 1.54) is 5.56 Å². The van der Waals surface area contributed by atoms with Crippen LogP contribution in [0.25, 0.3) is 32.8 Å². The lowest BCUT2D eigenvalue weighted by atomic mass is 10.1. The topological polar surface area (TPSA) is 72.0 Å². The van der Waals surface area contributed by atoms with E-state index >= 15 is 0 Å². The average Bonchev–Trinajstić information content (AvgIpc) is 2.78. The predicted octanol–water partition coefficient (Wildman–Crippen LogP) is 3.32. The van der Waals surface area contributed by atoms with Crippen LogP contribution in [0, 0.1) is 6.92 Å². The smallest absolute Gasteiger partial charge is 0.359 e. The lowest BCUT2D eigenvalue weighted by Gasteiger charge is -1.99. The Morgan fingerprint density at radius 1 is 1.10 bits per heavy atom. The van der Waals surface area contributed by atoms with Crippen molar-refractivity contribution >= 4 is 38.5 Å². The number of hydrogen-bond acceptors (Lipinski definition) is 3. The third-order valence-electron chi connectivity index (χ3n) is 3.65. The van der Waals surface area contributed by atoms with Crippen molar-refractivity contribution in [2.75, 3.05) is 5.73 Å². The van der Waals surface area contributed by atoms with Crippen LogP contribution in [0.5, 0.6) is 0 Å². The minimum Gasteiger partial charge on any atom is -0.419 e. The fraction of sp³-hybridized carbons (Fsp3) is 0.0625. The summed E-state index contributed by atoms with van der Waals surface area (Å²) in [6.45, 7) is 2.06. The van der Waals surface area contributed by atoms with Gasteiger partial charge in [-0.15, -0.1) is 0 Å². The maximum atomic E-state index is 11.6. The Balaban J connectivity index is 2.27. The van der Waals surface area contributed by atoms with Gasteiger partial charge in [-0.25, -0.2) is 4.79 Å². The maximum absolute atomic E-state index is 11.6. The molecule has 0 bridgehead atoms. The first-order valence-electron chi connectivity index (χ1n) is 6.38. The number of nitrogens with one attached hydrogen (secondary N) is 1. The number of fused-ring (bicyclic) bond motifs is 5. The van der Waals surface area contributed by atoms with Gasteiger partial charge in [-0.2, -0.15) is 0 Å². The van der Waals surface area contributed by atoms with E-state index < -0.39 is 5.63 Å². The number of nitrogens with two attached hydrogens (primary N) is 1. The van der Waals surface area contributed by atoms with Gasteiger partial charge in [0.05, 0.1) is 5.52 Å². The number of anilines is 1. The fourth-order valence-electron chi connectivity index (χ4n) is 2.67. The minimum absolute atomic E-state index is 0.129. The lowest BCUT2D eigenvalue weighted by Crippen LogP contribution is -2.05. The second-order valence-corrected chi connectivity index (χ2v) is 5.07. The first kappa shape index (κ1) is 11.1. The molecule has 0 saturated carbocycles. The molecule has 3 N–H and O–H groups in total. The first-order chi connectivity index (χ1) is 9.63. The van der Waals surface area contributed by atoms with Gasteiger partial charge in [0.1, 0.15) is 5.69 Å². The standard InChI is InChI=1S/C16H12N2O2/c1-8-2-5-13-11(6-8)10-4-3-9-7-12(17)16(19)20-15(9)14(10)18-13/h2-7,18H,17H2,1H3. The zero-order valence-electron chi connectivity index (χ0n) is 10.9.